The third-order valence-electron chi connectivity index (χ3n) is 7.65. The predicted octanol–water partition coefficient (Wildman–Crippen LogP) is 6.90. The van der Waals surface area contributed by atoms with E-state index in [1.165, 1.54) is 0 Å². The highest BCUT2D eigenvalue weighted by Crippen LogP contribution is 2.49. The van der Waals surface area contributed by atoms with Crippen LogP contribution in [0.15, 0.2) is 36.5 Å². The van der Waals surface area contributed by atoms with Gasteiger partial charge in [0.05, 0.1) is 29.3 Å². The second kappa shape index (κ2) is 8.23. The molecule has 7 heteroatoms. The van der Waals surface area contributed by atoms with Crippen molar-refractivity contribution in [3.8, 4) is 0 Å². The van der Waals surface area contributed by atoms with Crippen LogP contribution in [0.3, 0.4) is 0 Å². The fraction of sp³-hybridized carbons (Fsp3) is 0.600. The molecule has 1 aliphatic carbocycles. The van der Waals surface area contributed by atoms with Crippen LogP contribution in [0.25, 0.3) is 0 Å². The first-order valence-corrected chi connectivity index (χ1v) is 11.5. The lowest BCUT2D eigenvalue weighted by Crippen LogP contribution is -2.38. The summed E-state index contributed by atoms with van der Waals surface area (Å²) in [5, 5.41) is 8.05. The molecule has 0 saturated heterocycles. The summed E-state index contributed by atoms with van der Waals surface area (Å²) in [6.45, 7) is 6.21. The number of Topliss-reactive ketones (excluding diaryl/α,β-unsaturated/α-hetero) is 1. The molecule has 4 rings (SSSR count). The smallest absolute Gasteiger partial charge is 0.363 e. The Balaban J connectivity index is 1.55. The van der Waals surface area contributed by atoms with E-state index < -0.39 is 12.1 Å². The highest BCUT2D eigenvalue weighted by atomic mass is 19.4. The molecular formula is C25H32F3N3O. The van der Waals surface area contributed by atoms with Gasteiger partial charge in [-0.25, -0.2) is 4.68 Å². The lowest BCUT2D eigenvalue weighted by atomic mass is 9.66. The third kappa shape index (κ3) is 4.30. The van der Waals surface area contributed by atoms with Crippen molar-refractivity contribution in [3.63, 3.8) is 0 Å². The highest BCUT2D eigenvalue weighted by Gasteiger charge is 2.46. The molecule has 2 aliphatic rings. The molecule has 2 aromatic rings. The summed E-state index contributed by atoms with van der Waals surface area (Å²) in [7, 11) is 0. The zero-order valence-electron chi connectivity index (χ0n) is 19.0. The summed E-state index contributed by atoms with van der Waals surface area (Å²) in [4.78, 5) is 13.4. The lowest BCUT2D eigenvalue weighted by molar-refractivity contribution is -0.187. The van der Waals surface area contributed by atoms with E-state index in [1.54, 1.807) is 6.20 Å². The summed E-state index contributed by atoms with van der Waals surface area (Å²) in [5.41, 5.74) is 1.06. The number of rotatable bonds is 5. The molecule has 1 aromatic heterocycles. The molecule has 1 unspecified atom stereocenters. The van der Waals surface area contributed by atoms with Gasteiger partial charge in [-0.1, -0.05) is 43.7 Å². The lowest BCUT2D eigenvalue weighted by Gasteiger charge is -2.40. The van der Waals surface area contributed by atoms with E-state index in [2.05, 4.69) is 36.4 Å². The molecule has 4 nitrogen and oxygen atoms in total. The van der Waals surface area contributed by atoms with Crippen molar-refractivity contribution in [3.05, 3.63) is 47.7 Å². The minimum absolute atomic E-state index is 0.0319. The zero-order valence-corrected chi connectivity index (χ0v) is 19.0. The molecule has 0 bridgehead atoms. The first kappa shape index (κ1) is 22.9. The number of halogens is 3. The summed E-state index contributed by atoms with van der Waals surface area (Å²) in [5.74, 6) is -0.554. The molecule has 32 heavy (non-hydrogen) atoms. The summed E-state index contributed by atoms with van der Waals surface area (Å²) >= 11 is 0. The van der Waals surface area contributed by atoms with Gasteiger partial charge in [0.25, 0.3) is 0 Å². The topological polar surface area (TPSA) is 46.9 Å². The zero-order chi connectivity index (χ0) is 23.1. The molecular weight excluding hydrogens is 415 g/mol. The van der Waals surface area contributed by atoms with E-state index in [-0.39, 0.29) is 42.0 Å². The van der Waals surface area contributed by atoms with Gasteiger partial charge in [0.2, 0.25) is 0 Å². The average molecular weight is 448 g/mol. The number of hydrogen-bond donors (Lipinski definition) is 1. The molecule has 174 valence electrons. The Morgan fingerprint density at radius 1 is 1.19 bits per heavy atom. The molecule has 0 spiro atoms. The molecule has 0 radical (unpaired) electrons. The van der Waals surface area contributed by atoms with E-state index >= 15 is 0 Å². The van der Waals surface area contributed by atoms with Crippen LogP contribution in [-0.4, -0.2) is 21.7 Å². The van der Waals surface area contributed by atoms with E-state index in [9.17, 15) is 18.0 Å². The van der Waals surface area contributed by atoms with Crippen LogP contribution in [0.2, 0.25) is 0 Å². The minimum Gasteiger partial charge on any atom is -0.363 e. The fourth-order valence-electron chi connectivity index (χ4n) is 5.49. The van der Waals surface area contributed by atoms with E-state index in [4.69, 9.17) is 0 Å². The Labute approximate surface area is 187 Å². The number of ketones is 1. The molecule has 2 heterocycles. The first-order chi connectivity index (χ1) is 15.0. The van der Waals surface area contributed by atoms with Crippen LogP contribution in [0.4, 0.5) is 19.0 Å². The van der Waals surface area contributed by atoms with Crippen LogP contribution in [0.5, 0.6) is 0 Å². The van der Waals surface area contributed by atoms with Crippen LogP contribution < -0.4 is 5.32 Å². The van der Waals surface area contributed by atoms with Gasteiger partial charge in [0, 0.05) is 6.42 Å². The van der Waals surface area contributed by atoms with Crippen LogP contribution in [0.1, 0.15) is 87.7 Å². The number of anilines is 1. The maximum absolute atomic E-state index is 13.4. The molecule has 1 fully saturated rings. The quantitative estimate of drug-likeness (QED) is 0.507. The summed E-state index contributed by atoms with van der Waals surface area (Å²) < 4.78 is 41.3. The molecule has 0 amide bonds. The number of nitrogens with one attached hydrogen (secondary N) is 1. The summed E-state index contributed by atoms with van der Waals surface area (Å²) in [6.07, 6.45) is 0.390. The van der Waals surface area contributed by atoms with Gasteiger partial charge in [-0.2, -0.15) is 18.3 Å². The number of aromatic nitrogens is 2. The number of carbonyl (C=O) groups excluding carboxylic acids is 1. The Kier molecular flexibility index (Phi) is 5.88. The standard InChI is InChI=1S/C25H32F3N3O/c1-4-24(12-10-18(11-13-24)25(26,27)28)15-21(32)19-16-29-31-22(19)30-20(14-23(31,2)3)17-8-6-5-7-9-17/h5-9,16,18,20,30H,4,10-15H2,1-3H3. The Morgan fingerprint density at radius 2 is 1.84 bits per heavy atom. The van der Waals surface area contributed by atoms with E-state index in [0.717, 1.165) is 17.8 Å². The number of nitrogens with zero attached hydrogens (tertiary/aromatic N) is 2. The second-order valence-electron chi connectivity index (χ2n) is 10.2. The van der Waals surface area contributed by atoms with Crippen molar-refractivity contribution >= 4 is 11.6 Å². The Bertz CT molecular complexity index is 957. The van der Waals surface area contributed by atoms with Gasteiger partial charge in [0.15, 0.2) is 5.78 Å². The minimum atomic E-state index is -4.14. The monoisotopic (exact) mass is 447 g/mol. The molecule has 1 saturated carbocycles. The van der Waals surface area contributed by atoms with Gasteiger partial charge in [-0.3, -0.25) is 4.79 Å². The normalized spacial score (nSPS) is 27.4. The maximum Gasteiger partial charge on any atom is 0.391 e. The Hall–Kier alpha value is -2.31. The van der Waals surface area contributed by atoms with E-state index in [1.807, 2.05) is 29.8 Å². The van der Waals surface area contributed by atoms with Gasteiger partial charge in [-0.05, 0) is 56.9 Å². The van der Waals surface area contributed by atoms with Crippen molar-refractivity contribution in [1.29, 1.82) is 0 Å². The molecule has 1 aliphatic heterocycles. The van der Waals surface area contributed by atoms with Crippen molar-refractivity contribution in [2.45, 2.75) is 83.5 Å². The van der Waals surface area contributed by atoms with Gasteiger partial charge >= 0.3 is 6.18 Å². The maximum atomic E-state index is 13.4. The van der Waals surface area contributed by atoms with Crippen LogP contribution >= 0.6 is 0 Å². The van der Waals surface area contributed by atoms with Gasteiger partial charge in [-0.15, -0.1) is 0 Å². The van der Waals surface area contributed by atoms with Crippen molar-refractivity contribution in [2.75, 3.05) is 5.32 Å². The average Bonchev–Trinajstić information content (AvgIpc) is 3.19. The van der Waals surface area contributed by atoms with Crippen LogP contribution in [0, 0.1) is 11.3 Å². The number of alkyl halides is 3. The number of benzene rings is 1. The highest BCUT2D eigenvalue weighted by molar-refractivity contribution is 6.01. The molecule has 1 N–H and O–H groups in total. The first-order valence-electron chi connectivity index (χ1n) is 11.5. The molecule has 1 atom stereocenters. The number of carbonyl (C=O) groups is 1. The third-order valence-corrected chi connectivity index (χ3v) is 7.65. The largest absolute Gasteiger partial charge is 0.391 e. The fourth-order valence-corrected chi connectivity index (χ4v) is 5.49. The van der Waals surface area contributed by atoms with Crippen LogP contribution in [-0.2, 0) is 5.54 Å². The number of hydrogen-bond acceptors (Lipinski definition) is 3. The predicted molar refractivity (Wildman–Crippen MR) is 119 cm³/mol. The van der Waals surface area contributed by atoms with Gasteiger partial charge in [0.1, 0.15) is 5.82 Å². The van der Waals surface area contributed by atoms with Crippen molar-refractivity contribution < 1.29 is 18.0 Å². The molecule has 1 aromatic carbocycles. The summed E-state index contributed by atoms with van der Waals surface area (Å²) in [6, 6.07) is 10.2. The number of fused-ring (bicyclic) bond motifs is 1. The van der Waals surface area contributed by atoms with Crippen molar-refractivity contribution in [2.24, 2.45) is 11.3 Å². The van der Waals surface area contributed by atoms with Gasteiger partial charge < -0.3 is 5.32 Å². The van der Waals surface area contributed by atoms with E-state index in [0.29, 0.717) is 24.8 Å². The SMILES string of the molecule is CCC1(CC(=O)c2cnn3c2NC(c2ccccc2)CC3(C)C)CCC(C(F)(F)F)CC1. The second-order valence-corrected chi connectivity index (χ2v) is 10.2. The Morgan fingerprint density at radius 3 is 2.44 bits per heavy atom. The van der Waals surface area contributed by atoms with Crippen molar-refractivity contribution in [1.82, 2.24) is 9.78 Å².